The smallest absolute Gasteiger partial charge is 0.166 e. The van der Waals surface area contributed by atoms with Gasteiger partial charge in [-0.15, -0.1) is 0 Å². The zero-order valence-electron chi connectivity index (χ0n) is 20.8. The summed E-state index contributed by atoms with van der Waals surface area (Å²) in [6.07, 6.45) is 6.15. The Balaban J connectivity index is 0.00000320. The van der Waals surface area contributed by atoms with E-state index < -0.39 is 11.6 Å². The fourth-order valence-electron chi connectivity index (χ4n) is 5.06. The third kappa shape index (κ3) is 5.44. The lowest BCUT2D eigenvalue weighted by atomic mass is 9.88. The van der Waals surface area contributed by atoms with Crippen molar-refractivity contribution in [2.75, 3.05) is 25.6 Å². The van der Waals surface area contributed by atoms with E-state index in [1.165, 1.54) is 17.7 Å². The number of fused-ring (bicyclic) bond motifs is 2. The molecule has 37 heavy (non-hydrogen) atoms. The van der Waals surface area contributed by atoms with Crippen LogP contribution in [0.5, 0.6) is 5.75 Å². The number of Topliss-reactive ketones (excluding diaryl/α,β-unsaturated/α-hetero) is 1. The Kier molecular flexibility index (Phi) is 8.07. The maximum atomic E-state index is 13.9. The van der Waals surface area contributed by atoms with Crippen molar-refractivity contribution in [3.63, 3.8) is 0 Å². The molecule has 192 valence electrons. The predicted octanol–water partition coefficient (Wildman–Crippen LogP) is 6.67. The Morgan fingerprint density at radius 1 is 1.08 bits per heavy atom. The van der Waals surface area contributed by atoms with Crippen LogP contribution < -0.4 is 9.64 Å². The quantitative estimate of drug-likeness (QED) is 0.254. The van der Waals surface area contributed by atoms with Crippen LogP contribution in [0, 0.1) is 11.6 Å². The highest BCUT2D eigenvalue weighted by Gasteiger charge is 2.23. The molecule has 5 rings (SSSR count). The molecule has 1 atom stereocenters. The Hall–Kier alpha value is -3.52. The van der Waals surface area contributed by atoms with Crippen LogP contribution in [0.1, 0.15) is 47.5 Å². The average molecular weight is 522 g/mol. The third-order valence-electron chi connectivity index (χ3n) is 6.68. The average Bonchev–Trinajstić information content (AvgIpc) is 2.87. The van der Waals surface area contributed by atoms with Crippen LogP contribution in [0.4, 0.5) is 14.5 Å². The number of halogens is 2. The summed E-state index contributed by atoms with van der Waals surface area (Å²) in [6, 6.07) is 13.2. The van der Waals surface area contributed by atoms with Crippen LogP contribution in [0.2, 0.25) is 0 Å². The van der Waals surface area contributed by atoms with Crippen molar-refractivity contribution >= 4 is 35.9 Å². The van der Waals surface area contributed by atoms with Gasteiger partial charge in [-0.1, -0.05) is 18.2 Å². The molecule has 0 spiro atoms. The molecule has 0 saturated carbocycles. The number of aromatic nitrogens is 2. The highest BCUT2D eigenvalue weighted by molar-refractivity contribution is 7.59. The van der Waals surface area contributed by atoms with Gasteiger partial charge in [-0.25, -0.2) is 8.78 Å². The van der Waals surface area contributed by atoms with E-state index >= 15 is 0 Å². The Morgan fingerprint density at radius 3 is 2.59 bits per heavy atom. The van der Waals surface area contributed by atoms with Gasteiger partial charge in [0.15, 0.2) is 5.78 Å². The maximum absolute atomic E-state index is 13.9. The number of hydrogen-bond donors (Lipinski definition) is 0. The Bertz CT molecular complexity index is 1420. The number of hydrogen-bond acceptors (Lipinski definition) is 5. The molecule has 4 aromatic rings. The molecule has 0 radical (unpaired) electrons. The van der Waals surface area contributed by atoms with Crippen LogP contribution >= 0.6 is 13.5 Å². The lowest BCUT2D eigenvalue weighted by Gasteiger charge is -2.25. The highest BCUT2D eigenvalue weighted by Crippen LogP contribution is 2.37. The molecule has 3 heterocycles. The molecule has 2 aromatic heterocycles. The molecule has 1 aliphatic rings. The number of ether oxygens (including phenoxy) is 1. The van der Waals surface area contributed by atoms with Crippen molar-refractivity contribution in [3.8, 4) is 17.0 Å². The van der Waals surface area contributed by atoms with Crippen molar-refractivity contribution in [2.45, 2.75) is 31.6 Å². The predicted molar refractivity (Wildman–Crippen MR) is 147 cm³/mol. The summed E-state index contributed by atoms with van der Waals surface area (Å²) in [5, 5.41) is 0.707. The van der Waals surface area contributed by atoms with E-state index in [9.17, 15) is 13.6 Å². The van der Waals surface area contributed by atoms with Gasteiger partial charge < -0.3 is 9.64 Å². The summed E-state index contributed by atoms with van der Waals surface area (Å²) >= 11 is 0. The summed E-state index contributed by atoms with van der Waals surface area (Å²) < 4.78 is 33.5. The molecule has 2 aromatic carbocycles. The minimum atomic E-state index is -0.685. The van der Waals surface area contributed by atoms with Gasteiger partial charge in [0, 0.05) is 49.9 Å². The molecular weight excluding hydrogens is 492 g/mol. The van der Waals surface area contributed by atoms with Gasteiger partial charge >= 0.3 is 0 Å². The second-order valence-electron chi connectivity index (χ2n) is 9.32. The first-order valence-corrected chi connectivity index (χ1v) is 12.1. The minimum Gasteiger partial charge on any atom is -0.493 e. The molecule has 0 N–H and O–H groups in total. The van der Waals surface area contributed by atoms with Gasteiger partial charge in [0.05, 0.1) is 29.1 Å². The summed E-state index contributed by atoms with van der Waals surface area (Å²) in [7, 11) is 3.74. The first kappa shape index (κ1) is 26.5. The van der Waals surface area contributed by atoms with E-state index in [2.05, 4.69) is 16.0 Å². The Morgan fingerprint density at radius 2 is 1.84 bits per heavy atom. The number of rotatable bonds is 7. The molecule has 0 fully saturated rings. The van der Waals surface area contributed by atoms with Gasteiger partial charge in [0.2, 0.25) is 0 Å². The number of carbonyl (C=O) groups is 1. The summed E-state index contributed by atoms with van der Waals surface area (Å²) in [6.45, 7) is 0.695. The minimum absolute atomic E-state index is 0. The monoisotopic (exact) mass is 521 g/mol. The number of ketones is 1. The fourth-order valence-corrected chi connectivity index (χ4v) is 5.06. The van der Waals surface area contributed by atoms with Gasteiger partial charge in [0.25, 0.3) is 0 Å². The molecule has 0 unspecified atom stereocenters. The second kappa shape index (κ2) is 11.3. The highest BCUT2D eigenvalue weighted by atomic mass is 32.1. The van der Waals surface area contributed by atoms with Crippen LogP contribution in [-0.2, 0) is 0 Å². The van der Waals surface area contributed by atoms with E-state index in [0.717, 1.165) is 36.8 Å². The van der Waals surface area contributed by atoms with E-state index in [1.807, 2.05) is 37.2 Å². The van der Waals surface area contributed by atoms with E-state index in [4.69, 9.17) is 4.74 Å². The first-order valence-electron chi connectivity index (χ1n) is 12.1. The molecular formula is C29H29F2N3O2S. The largest absolute Gasteiger partial charge is 0.493 e. The van der Waals surface area contributed by atoms with E-state index in [1.54, 1.807) is 18.5 Å². The molecule has 1 aliphatic heterocycles. The second-order valence-corrected chi connectivity index (χ2v) is 9.32. The van der Waals surface area contributed by atoms with Crippen molar-refractivity contribution in [2.24, 2.45) is 0 Å². The molecule has 0 aliphatic carbocycles. The van der Waals surface area contributed by atoms with E-state index in [0.29, 0.717) is 46.7 Å². The fraction of sp³-hybridized carbons (Fsp3) is 0.276. The molecule has 0 bridgehead atoms. The van der Waals surface area contributed by atoms with Gasteiger partial charge in [-0.05, 0) is 55.0 Å². The van der Waals surface area contributed by atoms with Crippen LogP contribution in [-0.4, -0.2) is 36.5 Å². The molecule has 0 saturated heterocycles. The SMILES string of the molecule is CN(C)c1c(C(=O)CCC[C@H]2CCOc3ccccc32)cnc2c(-c3cc(F)cc(F)c3)nccc12.S. The van der Waals surface area contributed by atoms with Crippen LogP contribution in [0.25, 0.3) is 22.2 Å². The van der Waals surface area contributed by atoms with E-state index in [-0.39, 0.29) is 19.3 Å². The first-order chi connectivity index (χ1) is 17.4. The lowest BCUT2D eigenvalue weighted by molar-refractivity contribution is 0.0978. The number of nitrogens with zero attached hydrogens (tertiary/aromatic N) is 3. The van der Waals surface area contributed by atoms with Gasteiger partial charge in [-0.2, -0.15) is 13.5 Å². The maximum Gasteiger partial charge on any atom is 0.166 e. The molecule has 0 amide bonds. The van der Waals surface area contributed by atoms with Crippen LogP contribution in [0.15, 0.2) is 60.9 Å². The zero-order valence-corrected chi connectivity index (χ0v) is 21.8. The standard InChI is InChI=1S/C29H27F2N3O2.H2S/c1-34(2)29-23-10-12-32-27(19-14-20(30)16-21(31)15-19)28(23)33-17-24(29)25(35)8-5-6-18-11-13-36-26-9-4-3-7-22(18)26;/h3-4,7,9-10,12,14-18H,5-6,8,11,13H2,1-2H3;1H2/t18-;/m0./s1. The Labute approximate surface area is 222 Å². The molecule has 5 nitrogen and oxygen atoms in total. The number of benzene rings is 2. The summed E-state index contributed by atoms with van der Waals surface area (Å²) in [4.78, 5) is 24.1. The number of anilines is 1. The summed E-state index contributed by atoms with van der Waals surface area (Å²) in [5.74, 6) is -0.0304. The molecule has 8 heteroatoms. The number of pyridine rings is 2. The summed E-state index contributed by atoms with van der Waals surface area (Å²) in [5.41, 5.74) is 3.62. The topological polar surface area (TPSA) is 55.3 Å². The zero-order chi connectivity index (χ0) is 25.2. The third-order valence-corrected chi connectivity index (χ3v) is 6.68. The normalized spacial score (nSPS) is 14.4. The van der Waals surface area contributed by atoms with Crippen molar-refractivity contribution in [1.82, 2.24) is 9.97 Å². The number of para-hydroxylation sites is 1. The van der Waals surface area contributed by atoms with Gasteiger partial charge in [0.1, 0.15) is 17.4 Å². The number of carbonyl (C=O) groups excluding carboxylic acids is 1. The van der Waals surface area contributed by atoms with Crippen LogP contribution in [0.3, 0.4) is 0 Å². The van der Waals surface area contributed by atoms with Crippen molar-refractivity contribution in [1.29, 1.82) is 0 Å². The van der Waals surface area contributed by atoms with Crippen molar-refractivity contribution in [3.05, 3.63) is 83.7 Å². The van der Waals surface area contributed by atoms with Gasteiger partial charge in [-0.3, -0.25) is 14.8 Å². The lowest BCUT2D eigenvalue weighted by Crippen LogP contribution is -2.16. The van der Waals surface area contributed by atoms with Crippen molar-refractivity contribution < 1.29 is 18.3 Å².